The van der Waals surface area contributed by atoms with Crippen LogP contribution < -0.4 is 4.74 Å². The molecule has 45 heavy (non-hydrogen) atoms. The van der Waals surface area contributed by atoms with E-state index in [4.69, 9.17) is 13.9 Å². The number of aromatic hydroxyl groups is 4. The van der Waals surface area contributed by atoms with Crippen molar-refractivity contribution in [3.63, 3.8) is 0 Å². The van der Waals surface area contributed by atoms with Gasteiger partial charge in [-0.05, 0) is 77.4 Å². The van der Waals surface area contributed by atoms with Crippen LogP contribution in [0.25, 0.3) is 45.6 Å². The Bertz CT molecular complexity index is 1820. The first-order valence-electron chi connectivity index (χ1n) is 14.0. The summed E-state index contributed by atoms with van der Waals surface area (Å²) in [5, 5.41) is 81.8. The fourth-order valence-electron chi connectivity index (χ4n) is 5.30. The van der Waals surface area contributed by atoms with E-state index < -0.39 is 37.3 Å². The predicted octanol–water partition coefficient (Wildman–Crippen LogP) is 3.94. The lowest BCUT2D eigenvalue weighted by Crippen LogP contribution is -2.60. The highest BCUT2D eigenvalue weighted by molar-refractivity contribution is 6.06. The van der Waals surface area contributed by atoms with E-state index in [2.05, 4.69) is 0 Å². The predicted molar refractivity (Wildman–Crippen MR) is 164 cm³/mol. The summed E-state index contributed by atoms with van der Waals surface area (Å²) in [6.07, 6.45) is -4.19. The van der Waals surface area contributed by atoms with E-state index in [1.807, 2.05) is 0 Å². The van der Waals surface area contributed by atoms with Crippen LogP contribution >= 0.6 is 0 Å². The zero-order valence-electron chi connectivity index (χ0n) is 23.6. The molecular formula is C34H30O11. The van der Waals surface area contributed by atoms with Crippen molar-refractivity contribution in [1.82, 2.24) is 0 Å². The number of phenols is 4. The molecule has 8 N–H and O–H groups in total. The largest absolute Gasteiger partial charge is 0.508 e. The Balaban J connectivity index is 1.57. The molecule has 5 unspecified atom stereocenters. The standard InChI is InChI=1S/C34H30O11/c35-16-27-30(40)31(41)32(42)34(45-27)44-26-12-18(2-1-17-3-7-21(36)8-4-17)11-25-29(26)28(20-13-23(38)15-24(39)14-20)33(43-25)19-5-9-22(37)10-6-19/h1-15,27,30-32,34-42H,16H2. The minimum absolute atomic E-state index is 0.0275. The Morgan fingerprint density at radius 2 is 1.27 bits per heavy atom. The van der Waals surface area contributed by atoms with Crippen LogP contribution in [0.4, 0.5) is 0 Å². The van der Waals surface area contributed by atoms with Crippen LogP contribution in [0.1, 0.15) is 11.1 Å². The number of benzene rings is 4. The molecule has 4 aromatic carbocycles. The third-order valence-corrected chi connectivity index (χ3v) is 7.55. The molecule has 0 saturated carbocycles. The van der Waals surface area contributed by atoms with Gasteiger partial charge in [0.25, 0.3) is 0 Å². The van der Waals surface area contributed by atoms with E-state index in [-0.39, 0.29) is 28.7 Å². The number of hydrogen-bond acceptors (Lipinski definition) is 11. The fourth-order valence-corrected chi connectivity index (χ4v) is 5.30. The summed E-state index contributed by atoms with van der Waals surface area (Å²) in [4.78, 5) is 0. The summed E-state index contributed by atoms with van der Waals surface area (Å²) in [7, 11) is 0. The second kappa shape index (κ2) is 12.2. The summed E-state index contributed by atoms with van der Waals surface area (Å²) in [6.45, 7) is -0.653. The topological polar surface area (TPSA) is 193 Å². The number of rotatable bonds is 7. The molecule has 0 radical (unpaired) electrons. The monoisotopic (exact) mass is 614 g/mol. The molecule has 0 aliphatic carbocycles. The van der Waals surface area contributed by atoms with Crippen molar-refractivity contribution in [2.45, 2.75) is 30.7 Å². The van der Waals surface area contributed by atoms with Gasteiger partial charge in [0.05, 0.1) is 12.0 Å². The van der Waals surface area contributed by atoms with Crippen molar-refractivity contribution >= 4 is 23.1 Å². The average molecular weight is 615 g/mol. The van der Waals surface area contributed by atoms with E-state index in [9.17, 15) is 40.9 Å². The van der Waals surface area contributed by atoms with Gasteiger partial charge in [-0.25, -0.2) is 0 Å². The van der Waals surface area contributed by atoms with Gasteiger partial charge in [0.1, 0.15) is 64.5 Å². The molecule has 0 bridgehead atoms. The highest BCUT2D eigenvalue weighted by atomic mass is 16.7. The summed E-state index contributed by atoms with van der Waals surface area (Å²) in [5.41, 5.74) is 2.93. The van der Waals surface area contributed by atoms with Crippen molar-refractivity contribution < 1.29 is 54.7 Å². The molecule has 1 aliphatic rings. The van der Waals surface area contributed by atoms with Gasteiger partial charge in [-0.15, -0.1) is 0 Å². The highest BCUT2D eigenvalue weighted by Gasteiger charge is 2.45. The number of aliphatic hydroxyl groups is 4. The molecule has 1 aromatic heterocycles. The van der Waals surface area contributed by atoms with Crippen molar-refractivity contribution in [3.8, 4) is 51.2 Å². The van der Waals surface area contributed by atoms with Crippen molar-refractivity contribution in [3.05, 3.63) is 90.0 Å². The molecule has 1 aliphatic heterocycles. The maximum absolute atomic E-state index is 10.8. The number of hydrogen-bond donors (Lipinski definition) is 8. The number of aliphatic hydroxyl groups excluding tert-OH is 4. The molecule has 5 atom stereocenters. The third-order valence-electron chi connectivity index (χ3n) is 7.55. The minimum Gasteiger partial charge on any atom is -0.508 e. The molecule has 1 saturated heterocycles. The van der Waals surface area contributed by atoms with E-state index in [0.717, 1.165) is 5.56 Å². The lowest BCUT2D eigenvalue weighted by Gasteiger charge is -2.39. The zero-order valence-corrected chi connectivity index (χ0v) is 23.6. The summed E-state index contributed by atoms with van der Waals surface area (Å²) >= 11 is 0. The number of phenolic OH excluding ortho intramolecular Hbond substituents is 4. The Morgan fingerprint density at radius 3 is 1.91 bits per heavy atom. The van der Waals surface area contributed by atoms with Crippen LogP contribution in [0.15, 0.2) is 83.3 Å². The number of fused-ring (bicyclic) bond motifs is 1. The van der Waals surface area contributed by atoms with Gasteiger partial charge in [0, 0.05) is 17.2 Å². The van der Waals surface area contributed by atoms with E-state index in [1.165, 1.54) is 30.3 Å². The number of furan rings is 1. The maximum Gasteiger partial charge on any atom is 0.229 e. The van der Waals surface area contributed by atoms with E-state index in [1.54, 1.807) is 60.7 Å². The molecule has 11 nitrogen and oxygen atoms in total. The quantitative estimate of drug-likeness (QED) is 0.124. The Labute approximate surface area is 256 Å². The second-order valence-electron chi connectivity index (χ2n) is 10.7. The fraction of sp³-hybridized carbons (Fsp3) is 0.176. The molecule has 6 rings (SSSR count). The third kappa shape index (κ3) is 6.03. The van der Waals surface area contributed by atoms with Gasteiger partial charge in [0.2, 0.25) is 6.29 Å². The van der Waals surface area contributed by atoms with Crippen LogP contribution in [-0.2, 0) is 4.74 Å². The maximum atomic E-state index is 10.8. The lowest BCUT2D eigenvalue weighted by molar-refractivity contribution is -0.277. The van der Waals surface area contributed by atoms with Crippen LogP contribution in [0, 0.1) is 0 Å². The first kappa shape index (κ1) is 30.0. The van der Waals surface area contributed by atoms with Gasteiger partial charge in [0.15, 0.2) is 0 Å². The lowest BCUT2D eigenvalue weighted by atomic mass is 9.96. The molecule has 0 spiro atoms. The van der Waals surface area contributed by atoms with E-state index in [0.29, 0.717) is 39.0 Å². The molecule has 232 valence electrons. The highest BCUT2D eigenvalue weighted by Crippen LogP contribution is 2.47. The Kier molecular flexibility index (Phi) is 8.11. The van der Waals surface area contributed by atoms with Crippen LogP contribution in [0.5, 0.6) is 28.7 Å². The van der Waals surface area contributed by atoms with Gasteiger partial charge in [-0.1, -0.05) is 24.3 Å². The number of ether oxygens (including phenoxy) is 2. The Morgan fingerprint density at radius 1 is 0.644 bits per heavy atom. The summed E-state index contributed by atoms with van der Waals surface area (Å²) in [6, 6.07) is 20.1. The first-order valence-corrected chi connectivity index (χ1v) is 14.0. The van der Waals surface area contributed by atoms with E-state index >= 15 is 0 Å². The summed E-state index contributed by atoms with van der Waals surface area (Å²) < 4.78 is 18.2. The summed E-state index contributed by atoms with van der Waals surface area (Å²) in [5.74, 6) is 0.107. The van der Waals surface area contributed by atoms with Gasteiger partial charge in [-0.2, -0.15) is 0 Å². The van der Waals surface area contributed by atoms with Gasteiger partial charge in [-0.3, -0.25) is 0 Å². The smallest absolute Gasteiger partial charge is 0.229 e. The molecule has 2 heterocycles. The average Bonchev–Trinajstić information content (AvgIpc) is 3.41. The second-order valence-corrected chi connectivity index (χ2v) is 10.7. The molecule has 5 aromatic rings. The van der Waals surface area contributed by atoms with Crippen LogP contribution in [0.2, 0.25) is 0 Å². The minimum atomic E-state index is -1.70. The molecule has 11 heteroatoms. The van der Waals surface area contributed by atoms with Gasteiger partial charge < -0.3 is 54.7 Å². The zero-order chi connectivity index (χ0) is 31.8. The van der Waals surface area contributed by atoms with Crippen LogP contribution in [-0.4, -0.2) is 78.2 Å². The van der Waals surface area contributed by atoms with Crippen LogP contribution in [0.3, 0.4) is 0 Å². The molecule has 0 amide bonds. The normalized spacial score (nSPS) is 21.8. The van der Waals surface area contributed by atoms with Gasteiger partial charge >= 0.3 is 0 Å². The van der Waals surface area contributed by atoms with Crippen molar-refractivity contribution in [2.75, 3.05) is 6.61 Å². The Hall–Kier alpha value is -5.04. The molecular weight excluding hydrogens is 584 g/mol. The molecule has 1 fully saturated rings. The van der Waals surface area contributed by atoms with Crippen molar-refractivity contribution in [1.29, 1.82) is 0 Å². The van der Waals surface area contributed by atoms with Crippen molar-refractivity contribution in [2.24, 2.45) is 0 Å². The first-order chi connectivity index (χ1) is 21.6. The SMILES string of the molecule is OCC1OC(Oc2cc(C=Cc3ccc(O)cc3)cc3oc(-c4ccc(O)cc4)c(-c4cc(O)cc(O)c4)c23)C(O)C(O)C1O.